The minimum atomic E-state index is 0.00571. The maximum absolute atomic E-state index is 12.0. The van der Waals surface area contributed by atoms with E-state index in [1.807, 2.05) is 12.1 Å². The van der Waals surface area contributed by atoms with Crippen LogP contribution < -0.4 is 10.5 Å². The first kappa shape index (κ1) is 12.1. The van der Waals surface area contributed by atoms with Gasteiger partial charge in [-0.3, -0.25) is 9.78 Å². The number of carbonyl (C=O) groups excluding carboxylic acids is 1. The molecule has 0 atom stereocenters. The number of anilines is 1. The van der Waals surface area contributed by atoms with Gasteiger partial charge in [0.15, 0.2) is 5.78 Å². The summed E-state index contributed by atoms with van der Waals surface area (Å²) in [6.07, 6.45) is 3.44. The molecule has 0 unspecified atom stereocenters. The molecular weight excluding hydrogens is 228 g/mol. The lowest BCUT2D eigenvalue weighted by molar-refractivity contribution is 0.0992. The molecule has 0 fully saturated rings. The predicted octanol–water partition coefficient (Wildman–Crippen LogP) is 2.10. The van der Waals surface area contributed by atoms with Crippen LogP contribution in [0.15, 0.2) is 42.7 Å². The van der Waals surface area contributed by atoms with Gasteiger partial charge in [0.2, 0.25) is 0 Å². The van der Waals surface area contributed by atoms with Crippen molar-refractivity contribution >= 4 is 11.5 Å². The number of rotatable bonds is 4. The Morgan fingerprint density at radius 1 is 1.28 bits per heavy atom. The van der Waals surface area contributed by atoms with Crippen molar-refractivity contribution < 1.29 is 9.53 Å². The summed E-state index contributed by atoms with van der Waals surface area (Å²) in [4.78, 5) is 16.0. The molecule has 4 nitrogen and oxygen atoms in total. The topological polar surface area (TPSA) is 65.2 Å². The van der Waals surface area contributed by atoms with Crippen molar-refractivity contribution in [2.45, 2.75) is 6.42 Å². The number of ketones is 1. The van der Waals surface area contributed by atoms with Crippen LogP contribution in [0.2, 0.25) is 0 Å². The van der Waals surface area contributed by atoms with Crippen molar-refractivity contribution in [3.8, 4) is 5.75 Å². The van der Waals surface area contributed by atoms with Crippen molar-refractivity contribution in [2.75, 3.05) is 12.8 Å². The summed E-state index contributed by atoms with van der Waals surface area (Å²) in [5.74, 6) is 0.587. The zero-order valence-corrected chi connectivity index (χ0v) is 10.1. The average Bonchev–Trinajstić information content (AvgIpc) is 2.41. The van der Waals surface area contributed by atoms with Crippen molar-refractivity contribution in [1.29, 1.82) is 0 Å². The van der Waals surface area contributed by atoms with Gasteiger partial charge in [-0.1, -0.05) is 12.1 Å². The van der Waals surface area contributed by atoms with E-state index in [1.54, 1.807) is 37.7 Å². The quantitative estimate of drug-likeness (QED) is 0.658. The molecule has 0 radical (unpaired) electrons. The molecule has 0 aliphatic heterocycles. The number of nitrogens with two attached hydrogens (primary N) is 1. The van der Waals surface area contributed by atoms with E-state index in [0.29, 0.717) is 23.4 Å². The van der Waals surface area contributed by atoms with Crippen LogP contribution >= 0.6 is 0 Å². The molecule has 0 spiro atoms. The van der Waals surface area contributed by atoms with E-state index in [1.165, 1.54) is 0 Å². The Hall–Kier alpha value is -2.36. The van der Waals surface area contributed by atoms with Gasteiger partial charge in [-0.25, -0.2) is 0 Å². The Morgan fingerprint density at radius 3 is 2.67 bits per heavy atom. The zero-order chi connectivity index (χ0) is 13.0. The van der Waals surface area contributed by atoms with Crippen LogP contribution in [0.3, 0.4) is 0 Å². The molecular formula is C14H14N2O2. The standard InChI is InChI=1S/C14H14N2O2/c1-18-13-7-11(8-16-9-13)14(17)6-10-2-4-12(15)5-3-10/h2-5,7-9H,6,15H2,1H3. The van der Waals surface area contributed by atoms with Crippen LogP contribution in [0.5, 0.6) is 5.75 Å². The summed E-state index contributed by atoms with van der Waals surface area (Å²) in [5, 5.41) is 0. The molecule has 1 aromatic carbocycles. The van der Waals surface area contributed by atoms with Crippen LogP contribution in [0, 0.1) is 0 Å². The molecule has 2 rings (SSSR count). The number of ether oxygens (including phenoxy) is 1. The zero-order valence-electron chi connectivity index (χ0n) is 10.1. The van der Waals surface area contributed by atoms with Gasteiger partial charge in [0, 0.05) is 23.9 Å². The second kappa shape index (κ2) is 5.31. The molecule has 0 saturated heterocycles. The smallest absolute Gasteiger partial charge is 0.168 e. The molecule has 0 aliphatic carbocycles. The van der Waals surface area contributed by atoms with E-state index in [4.69, 9.17) is 10.5 Å². The van der Waals surface area contributed by atoms with Crippen molar-refractivity contribution in [3.63, 3.8) is 0 Å². The summed E-state index contributed by atoms with van der Waals surface area (Å²) in [5.41, 5.74) is 7.76. The van der Waals surface area contributed by atoms with E-state index in [0.717, 1.165) is 5.56 Å². The van der Waals surface area contributed by atoms with Crippen LogP contribution in [0.4, 0.5) is 5.69 Å². The second-order valence-electron chi connectivity index (χ2n) is 3.95. The lowest BCUT2D eigenvalue weighted by Crippen LogP contribution is -2.04. The number of methoxy groups -OCH3 is 1. The fourth-order valence-corrected chi connectivity index (χ4v) is 1.61. The third-order valence-corrected chi connectivity index (χ3v) is 2.62. The van der Waals surface area contributed by atoms with Crippen LogP contribution in [-0.4, -0.2) is 17.9 Å². The highest BCUT2D eigenvalue weighted by Gasteiger charge is 2.08. The third-order valence-electron chi connectivity index (χ3n) is 2.62. The lowest BCUT2D eigenvalue weighted by Gasteiger charge is -2.04. The number of hydrogen-bond donors (Lipinski definition) is 1. The predicted molar refractivity (Wildman–Crippen MR) is 69.7 cm³/mol. The van der Waals surface area contributed by atoms with E-state index in [9.17, 15) is 4.79 Å². The van der Waals surface area contributed by atoms with Crippen molar-refractivity contribution in [2.24, 2.45) is 0 Å². The van der Waals surface area contributed by atoms with E-state index < -0.39 is 0 Å². The number of hydrogen-bond acceptors (Lipinski definition) is 4. The minimum absolute atomic E-state index is 0.00571. The number of benzene rings is 1. The Bertz CT molecular complexity index is 550. The average molecular weight is 242 g/mol. The fraction of sp³-hybridized carbons (Fsp3) is 0.143. The Labute approximate surface area is 105 Å². The number of aromatic nitrogens is 1. The van der Waals surface area contributed by atoms with Crippen molar-refractivity contribution in [3.05, 3.63) is 53.9 Å². The monoisotopic (exact) mass is 242 g/mol. The first-order valence-electron chi connectivity index (χ1n) is 5.55. The SMILES string of the molecule is COc1cncc(C(=O)Cc2ccc(N)cc2)c1. The highest BCUT2D eigenvalue weighted by atomic mass is 16.5. The van der Waals surface area contributed by atoms with Crippen molar-refractivity contribution in [1.82, 2.24) is 4.98 Å². The van der Waals surface area contributed by atoms with Gasteiger partial charge in [0.25, 0.3) is 0 Å². The number of carbonyl (C=O) groups is 1. The van der Waals surface area contributed by atoms with E-state index >= 15 is 0 Å². The van der Waals surface area contributed by atoms with Gasteiger partial charge >= 0.3 is 0 Å². The number of nitrogens with zero attached hydrogens (tertiary/aromatic N) is 1. The number of nitrogen functional groups attached to an aromatic ring is 1. The maximum Gasteiger partial charge on any atom is 0.168 e. The van der Waals surface area contributed by atoms with Gasteiger partial charge in [0.1, 0.15) is 5.75 Å². The molecule has 18 heavy (non-hydrogen) atoms. The normalized spacial score (nSPS) is 10.1. The summed E-state index contributed by atoms with van der Waals surface area (Å²) in [7, 11) is 1.55. The molecule has 0 aliphatic rings. The van der Waals surface area contributed by atoms with Gasteiger partial charge in [-0.15, -0.1) is 0 Å². The van der Waals surface area contributed by atoms with Gasteiger partial charge in [-0.05, 0) is 23.8 Å². The summed E-state index contributed by atoms with van der Waals surface area (Å²) >= 11 is 0. The molecule has 2 aromatic rings. The molecule has 0 saturated carbocycles. The largest absolute Gasteiger partial charge is 0.495 e. The Morgan fingerprint density at radius 2 is 2.00 bits per heavy atom. The Balaban J connectivity index is 2.14. The number of Topliss-reactive ketones (excluding diaryl/α,β-unsaturated/α-hetero) is 1. The highest BCUT2D eigenvalue weighted by Crippen LogP contribution is 2.14. The maximum atomic E-state index is 12.0. The Kier molecular flexibility index (Phi) is 3.57. The molecule has 0 amide bonds. The molecule has 4 heteroatoms. The van der Waals surface area contributed by atoms with Gasteiger partial charge < -0.3 is 10.5 Å². The molecule has 0 bridgehead atoms. The minimum Gasteiger partial charge on any atom is -0.495 e. The van der Waals surface area contributed by atoms with E-state index in [2.05, 4.69) is 4.98 Å². The third kappa shape index (κ3) is 2.85. The number of pyridine rings is 1. The first-order valence-corrected chi connectivity index (χ1v) is 5.55. The van der Waals surface area contributed by atoms with Gasteiger partial charge in [-0.2, -0.15) is 0 Å². The second-order valence-corrected chi connectivity index (χ2v) is 3.95. The highest BCUT2D eigenvalue weighted by molar-refractivity contribution is 5.97. The van der Waals surface area contributed by atoms with E-state index in [-0.39, 0.29) is 5.78 Å². The lowest BCUT2D eigenvalue weighted by atomic mass is 10.0. The first-order chi connectivity index (χ1) is 8.69. The molecule has 1 aromatic heterocycles. The van der Waals surface area contributed by atoms with Gasteiger partial charge in [0.05, 0.1) is 13.3 Å². The molecule has 92 valence electrons. The summed E-state index contributed by atoms with van der Waals surface area (Å²) < 4.78 is 5.04. The van der Waals surface area contributed by atoms with Crippen LogP contribution in [0.1, 0.15) is 15.9 Å². The fourth-order valence-electron chi connectivity index (χ4n) is 1.61. The molecule has 2 N–H and O–H groups in total. The van der Waals surface area contributed by atoms with Crippen LogP contribution in [0.25, 0.3) is 0 Å². The summed E-state index contributed by atoms with van der Waals surface area (Å²) in [6, 6.07) is 8.95. The molecule has 1 heterocycles. The van der Waals surface area contributed by atoms with Crippen LogP contribution in [-0.2, 0) is 6.42 Å². The summed E-state index contributed by atoms with van der Waals surface area (Å²) in [6.45, 7) is 0.